The van der Waals surface area contributed by atoms with Gasteiger partial charge in [-0.05, 0) is 138 Å². The Morgan fingerprint density at radius 1 is 0.363 bits per heavy atom. The zero-order chi connectivity index (χ0) is 75.4. The van der Waals surface area contributed by atoms with Gasteiger partial charge in [0.05, 0.1) is 5.56 Å². The fraction of sp³-hybridized carbons (Fsp3) is 0.550. The number of para-hydroxylation sites is 2. The van der Waals surface area contributed by atoms with Crippen molar-refractivity contribution in [3.63, 3.8) is 0 Å². The topological polar surface area (TPSA) is 221 Å². The third-order valence-corrected chi connectivity index (χ3v) is 22.3. The van der Waals surface area contributed by atoms with Gasteiger partial charge in [0.25, 0.3) is 0 Å². The summed E-state index contributed by atoms with van der Waals surface area (Å²) in [4.78, 5) is 0. The van der Waals surface area contributed by atoms with E-state index in [0.29, 0.717) is 34.9 Å². The molecule has 0 aromatic heterocycles. The molecule has 6 aromatic rings. The third-order valence-electron chi connectivity index (χ3n) is 22.1. The van der Waals surface area contributed by atoms with Crippen LogP contribution in [-0.4, -0.2) is 40.0 Å². The predicted molar refractivity (Wildman–Crippen MR) is 388 cm³/mol. The largest absolute Gasteiger partial charge is 0.573 e. The predicted octanol–water partition coefficient (Wildman–Crippen LogP) is 21.0. The smallest absolute Gasteiger partial charge is 0.487 e. The fourth-order valence-electron chi connectivity index (χ4n) is 14.6. The summed E-state index contributed by atoms with van der Waals surface area (Å²) >= 11 is 5.98. The summed E-state index contributed by atoms with van der Waals surface area (Å²) in [6, 6.07) is 30.4. The molecule has 6 atom stereocenters. The highest BCUT2D eigenvalue weighted by Gasteiger charge is 2.44. The van der Waals surface area contributed by atoms with E-state index in [1.54, 1.807) is 12.1 Å². The maximum absolute atomic E-state index is 13.7. The number of hydrogen-bond donors (Lipinski definition) is 6. The van der Waals surface area contributed by atoms with Crippen molar-refractivity contribution in [2.45, 2.75) is 281 Å². The Balaban J connectivity index is 0.000000172. The molecular formula is C80H109ClF8N6O7. The second-order valence-electron chi connectivity index (χ2n) is 27.9. The Bertz CT molecular complexity index is 3680. The molecule has 12 N–H and O–H groups in total. The Morgan fingerprint density at radius 2 is 0.706 bits per heavy atom. The van der Waals surface area contributed by atoms with Crippen LogP contribution in [0.25, 0.3) is 0 Å². The summed E-state index contributed by atoms with van der Waals surface area (Å²) in [7, 11) is 0. The molecule has 0 aliphatic carbocycles. The molecule has 0 radical (unpaired) electrons. The van der Waals surface area contributed by atoms with Crippen molar-refractivity contribution in [3.05, 3.63) is 171 Å². The molecule has 6 heterocycles. The van der Waals surface area contributed by atoms with Crippen LogP contribution in [-0.2, 0) is 6.18 Å². The highest BCUT2D eigenvalue weighted by atomic mass is 35.5. The molecule has 13 nitrogen and oxygen atoms in total. The second-order valence-corrected chi connectivity index (χ2v) is 28.3. The summed E-state index contributed by atoms with van der Waals surface area (Å²) in [6.07, 6.45) is 6.06. The number of hydrogen-bond acceptors (Lipinski definition) is 13. The van der Waals surface area contributed by atoms with E-state index in [1.807, 2.05) is 70.2 Å². The van der Waals surface area contributed by atoms with Crippen LogP contribution < -0.4 is 67.6 Å². The van der Waals surface area contributed by atoms with Gasteiger partial charge in [-0.15, -0.1) is 13.2 Å². The van der Waals surface area contributed by atoms with Crippen LogP contribution in [0.3, 0.4) is 0 Å². The van der Waals surface area contributed by atoms with Crippen molar-refractivity contribution in [3.8, 4) is 40.2 Å². The molecule has 0 saturated heterocycles. The number of halogens is 9. The first-order valence-corrected chi connectivity index (χ1v) is 36.7. The number of alkyl halides is 6. The summed E-state index contributed by atoms with van der Waals surface area (Å²) in [5.74, 6) is 2.74. The van der Waals surface area contributed by atoms with Crippen LogP contribution in [0.2, 0.25) is 5.02 Å². The fourth-order valence-corrected chi connectivity index (χ4v) is 14.8. The first kappa shape index (κ1) is 82.7. The molecule has 102 heavy (non-hydrogen) atoms. The molecule has 0 unspecified atom stereocenters. The van der Waals surface area contributed by atoms with E-state index in [1.165, 1.54) is 42.5 Å². The van der Waals surface area contributed by atoms with Gasteiger partial charge in [-0.1, -0.05) is 143 Å². The Hall–Kier alpha value is -6.59. The molecule has 0 saturated carbocycles. The van der Waals surface area contributed by atoms with Crippen LogP contribution in [0.4, 0.5) is 35.1 Å². The third kappa shape index (κ3) is 19.7. The molecule has 6 aromatic carbocycles. The van der Waals surface area contributed by atoms with Crippen molar-refractivity contribution in [1.82, 2.24) is 0 Å². The van der Waals surface area contributed by atoms with E-state index in [4.69, 9.17) is 74.4 Å². The van der Waals surface area contributed by atoms with E-state index in [0.717, 1.165) is 160 Å². The molecule has 0 bridgehead atoms. The molecule has 12 rings (SSSR count). The summed E-state index contributed by atoms with van der Waals surface area (Å²) < 4.78 is 141. The van der Waals surface area contributed by atoms with Gasteiger partial charge in [0.1, 0.15) is 73.9 Å². The average Bonchev–Trinajstić information content (AvgIpc) is 0.814. The van der Waals surface area contributed by atoms with Crippen LogP contribution in [0.5, 0.6) is 40.2 Å². The number of nitrogens with two attached hydrogens (primary N) is 6. The summed E-state index contributed by atoms with van der Waals surface area (Å²) in [5, 5.41) is 0.703. The lowest BCUT2D eigenvalue weighted by atomic mass is 9.83. The van der Waals surface area contributed by atoms with Crippen molar-refractivity contribution >= 4 is 11.6 Å². The first-order valence-electron chi connectivity index (χ1n) is 36.4. The lowest BCUT2D eigenvalue weighted by Gasteiger charge is -2.40. The van der Waals surface area contributed by atoms with Gasteiger partial charge in [-0.25, -0.2) is 8.78 Å². The van der Waals surface area contributed by atoms with Crippen LogP contribution in [0.1, 0.15) is 274 Å². The molecule has 564 valence electrons. The number of rotatable bonds is 13. The van der Waals surface area contributed by atoms with E-state index in [9.17, 15) is 35.1 Å². The van der Waals surface area contributed by atoms with Gasteiger partial charge in [0.2, 0.25) is 0 Å². The van der Waals surface area contributed by atoms with Gasteiger partial charge in [-0.2, -0.15) is 13.2 Å². The van der Waals surface area contributed by atoms with E-state index in [2.05, 4.69) is 66.2 Å². The standard InChI is InChI=1S/C14H18F3NO2.C14H18F3NO.C13H18ClNO.2C13H18FNO.C13H19NO/c1-3-13(4-2)8-11(18)10-6-5-9(7-12(10)20-13)19-14(15,16)17;1-3-13(4-2)8-11(18)10-6-5-9(14(15,16)17)7-12(10)19-13;1-3-13(4-2)8-11(15)10-6-5-9(14)7-12(10)16-13;1-3-13(4-2)8-11(15)10-7-9(14)5-6-12(10)16-13;1-3-13(4-2)8-11(15)9-6-5-7-10(14)12(9)16-13;1-3-13(4-2)9-11(14)10-7-5-6-8-12(10)15-13/h5-7,11H,3-4,8,18H2,1-2H3;5-7,11H,3-4,8,18H2,1-2H3;3*5-7,11H,3-4,8,15H2,1-2H3;5-8,11H,3-4,9,14H2,1-2H3/t6*11-/m111111/s1. The zero-order valence-corrected chi connectivity index (χ0v) is 62.1. The first-order chi connectivity index (χ1) is 48.1. The van der Waals surface area contributed by atoms with Crippen molar-refractivity contribution in [2.24, 2.45) is 34.4 Å². The molecule has 0 fully saturated rings. The lowest BCUT2D eigenvalue weighted by molar-refractivity contribution is -0.274. The van der Waals surface area contributed by atoms with Gasteiger partial charge < -0.3 is 67.6 Å². The Kier molecular flexibility index (Phi) is 28.0. The van der Waals surface area contributed by atoms with E-state index in [-0.39, 0.29) is 81.8 Å². The highest BCUT2D eigenvalue weighted by Crippen LogP contribution is 2.49. The van der Waals surface area contributed by atoms with Gasteiger partial charge in [0.15, 0.2) is 11.6 Å². The van der Waals surface area contributed by atoms with Crippen LogP contribution in [0, 0.1) is 11.6 Å². The highest BCUT2D eigenvalue weighted by molar-refractivity contribution is 6.30. The van der Waals surface area contributed by atoms with Crippen LogP contribution in [0.15, 0.2) is 115 Å². The minimum Gasteiger partial charge on any atom is -0.487 e. The zero-order valence-electron chi connectivity index (χ0n) is 61.4. The van der Waals surface area contributed by atoms with E-state index >= 15 is 0 Å². The number of fused-ring (bicyclic) bond motifs is 6. The Morgan fingerprint density at radius 3 is 1.14 bits per heavy atom. The van der Waals surface area contributed by atoms with Crippen molar-refractivity contribution in [2.75, 3.05) is 0 Å². The molecule has 6 aliphatic rings. The maximum Gasteiger partial charge on any atom is 0.573 e. The SMILES string of the molecule is CCC1(CC)C[C@@H](N)c2cc(F)ccc2O1.CCC1(CC)C[C@@H](N)c2ccc(C(F)(F)F)cc2O1.CCC1(CC)C[C@@H](N)c2ccc(Cl)cc2O1.CCC1(CC)C[C@@H](N)c2ccc(OC(F)(F)F)cc2O1.CCC1(CC)C[C@@H](N)c2cccc(F)c2O1.CCC1(CC)C[C@@H](N)c2ccccc2O1. The number of benzene rings is 6. The molecule has 6 aliphatic heterocycles. The van der Waals surface area contributed by atoms with Gasteiger partial charge in [-0.3, -0.25) is 0 Å². The molecule has 0 spiro atoms. The number of ether oxygens (including phenoxy) is 7. The monoisotopic (exact) mass is 1450 g/mol. The maximum atomic E-state index is 13.7. The molecule has 22 heteroatoms. The molecule has 0 amide bonds. The average molecular weight is 1450 g/mol. The van der Waals surface area contributed by atoms with Crippen molar-refractivity contribution in [1.29, 1.82) is 0 Å². The van der Waals surface area contributed by atoms with Gasteiger partial charge in [0, 0.05) is 119 Å². The normalized spacial score (nSPS) is 22.1. The van der Waals surface area contributed by atoms with Crippen LogP contribution >= 0.6 is 11.6 Å². The molecular weight excluding hydrogens is 1340 g/mol. The van der Waals surface area contributed by atoms with Crippen molar-refractivity contribution < 1.29 is 68.3 Å². The lowest BCUT2D eigenvalue weighted by Crippen LogP contribution is -2.42. The quantitative estimate of drug-likeness (QED) is 0.0593. The van der Waals surface area contributed by atoms with Gasteiger partial charge >= 0.3 is 12.5 Å². The second kappa shape index (κ2) is 34.6. The summed E-state index contributed by atoms with van der Waals surface area (Å²) in [6.45, 7) is 24.9. The minimum absolute atomic E-state index is 0.0478. The Labute approximate surface area is 603 Å². The van der Waals surface area contributed by atoms with E-state index < -0.39 is 29.3 Å². The minimum atomic E-state index is -4.71. The summed E-state index contributed by atoms with van der Waals surface area (Å²) in [5.41, 5.74) is 39.7.